The van der Waals surface area contributed by atoms with Gasteiger partial charge in [-0.15, -0.1) is 0 Å². The molecular weight excluding hydrogens is 907 g/mol. The first kappa shape index (κ1) is 55.7. The van der Waals surface area contributed by atoms with Crippen LogP contribution in [0.2, 0.25) is 0 Å². The van der Waals surface area contributed by atoms with E-state index in [1.165, 1.54) is 30.5 Å². The lowest BCUT2D eigenvalue weighted by Gasteiger charge is -2.29. The molecule has 69 heavy (non-hydrogen) atoms. The number of phenolic OH excluding ortho intramolecular Hbond substituents is 1. The summed E-state index contributed by atoms with van der Waals surface area (Å²) in [7, 11) is 0. The summed E-state index contributed by atoms with van der Waals surface area (Å²) in [5, 5.41) is 65.2. The van der Waals surface area contributed by atoms with Crippen LogP contribution < -0.4 is 43.0 Å². The van der Waals surface area contributed by atoms with Crippen molar-refractivity contribution in [3.05, 3.63) is 65.9 Å². The minimum absolute atomic E-state index is 0.0402. The van der Waals surface area contributed by atoms with E-state index in [0.717, 1.165) is 0 Å². The number of carboxylic acid groups (broad SMARTS) is 3. The third kappa shape index (κ3) is 17.9. The van der Waals surface area contributed by atoms with Crippen LogP contribution >= 0.6 is 0 Å². The average Bonchev–Trinajstić information content (AvgIpc) is 3.70. The third-order valence-corrected chi connectivity index (χ3v) is 10.8. The number of nitrogens with one attached hydrogen (secondary N) is 8. The van der Waals surface area contributed by atoms with Gasteiger partial charge in [0.2, 0.25) is 41.4 Å². The van der Waals surface area contributed by atoms with E-state index < -0.39 is 133 Å². The fourth-order valence-corrected chi connectivity index (χ4v) is 6.97. The molecule has 8 atom stereocenters. The van der Waals surface area contributed by atoms with Gasteiger partial charge in [0.15, 0.2) is 0 Å². The summed E-state index contributed by atoms with van der Waals surface area (Å²) in [5.41, 5.74) is 7.66. The van der Waals surface area contributed by atoms with E-state index in [0.29, 0.717) is 28.5 Å². The van der Waals surface area contributed by atoms with E-state index in [-0.39, 0.29) is 30.9 Å². The van der Waals surface area contributed by atoms with Gasteiger partial charge in [-0.25, -0.2) is 0 Å². The predicted molar refractivity (Wildman–Crippen MR) is 245 cm³/mol. The number of fused-ring (bicyclic) bond motifs is 1. The fraction of sp³-hybridized carbons (Fsp3) is 0.467. The van der Waals surface area contributed by atoms with Crippen molar-refractivity contribution in [3.63, 3.8) is 0 Å². The summed E-state index contributed by atoms with van der Waals surface area (Å²) >= 11 is 0. The molecule has 1 aromatic heterocycles. The second-order valence-electron chi connectivity index (χ2n) is 16.8. The maximum absolute atomic E-state index is 14.2. The Kier molecular flexibility index (Phi) is 21.5. The molecule has 2 aromatic carbocycles. The predicted octanol–water partition coefficient (Wildman–Crippen LogP) is -1.87. The maximum Gasteiger partial charge on any atom is 0.322 e. The van der Waals surface area contributed by atoms with Crippen LogP contribution in [0.15, 0.2) is 54.7 Å². The molecule has 1 heterocycles. The van der Waals surface area contributed by atoms with Crippen LogP contribution in [0.4, 0.5) is 0 Å². The molecule has 0 aliphatic heterocycles. The van der Waals surface area contributed by atoms with Crippen LogP contribution in [-0.2, 0) is 60.8 Å². The zero-order valence-corrected chi connectivity index (χ0v) is 38.4. The van der Waals surface area contributed by atoms with Crippen molar-refractivity contribution in [1.29, 1.82) is 0 Å². The number of aliphatic carboxylic acids is 3. The summed E-state index contributed by atoms with van der Waals surface area (Å²) in [6.07, 6.45) is -0.566. The van der Waals surface area contributed by atoms with Gasteiger partial charge in [0, 0.05) is 23.5 Å². The Morgan fingerprint density at radius 2 is 1.13 bits per heavy atom. The molecule has 0 fully saturated rings. The molecule has 0 radical (unpaired) electrons. The Balaban J connectivity index is 1.88. The second kappa shape index (κ2) is 26.7. The van der Waals surface area contributed by atoms with Crippen LogP contribution in [0.25, 0.3) is 10.9 Å². The monoisotopic (exact) mass is 967 g/mol. The van der Waals surface area contributed by atoms with Crippen molar-refractivity contribution in [2.24, 2.45) is 17.6 Å². The number of aromatic amines is 1. The molecule has 0 saturated heterocycles. The first-order valence-electron chi connectivity index (χ1n) is 22.0. The zero-order chi connectivity index (χ0) is 51.5. The van der Waals surface area contributed by atoms with E-state index >= 15 is 0 Å². The number of H-pyrrole nitrogens is 1. The molecule has 15 N–H and O–H groups in total. The molecule has 7 amide bonds. The van der Waals surface area contributed by atoms with Crippen molar-refractivity contribution in [2.75, 3.05) is 13.2 Å². The van der Waals surface area contributed by atoms with Crippen molar-refractivity contribution in [3.8, 4) is 5.75 Å². The first-order valence-corrected chi connectivity index (χ1v) is 22.0. The van der Waals surface area contributed by atoms with Gasteiger partial charge in [-0.3, -0.25) is 47.9 Å². The maximum atomic E-state index is 14.2. The number of para-hydroxylation sites is 1. The third-order valence-electron chi connectivity index (χ3n) is 10.8. The summed E-state index contributed by atoms with van der Waals surface area (Å²) in [6, 6.07) is 1.37. The SMILES string of the molecule is CC[C@H](C)[C@H](NC(=O)[C@H](CO)NC(=O)[C@H](CC(=O)O)NC(=O)[C@H](Cc1c[nH]c2ccccc12)NC(=O)[C@H](CC(=O)O)NC(=O)[C@@H](N)Cc1ccc(O)cc1)C(=O)N[C@@H](CC(C)C)C(=O)NCC(=O)O. The van der Waals surface area contributed by atoms with Gasteiger partial charge in [-0.1, -0.05) is 64.4 Å². The molecule has 0 saturated carbocycles. The van der Waals surface area contributed by atoms with E-state index in [4.69, 9.17) is 10.8 Å². The molecule has 0 spiro atoms. The lowest BCUT2D eigenvalue weighted by Crippen LogP contribution is -2.61. The second-order valence-corrected chi connectivity index (χ2v) is 16.8. The van der Waals surface area contributed by atoms with Crippen molar-refractivity contribution in [2.45, 2.75) is 109 Å². The summed E-state index contributed by atoms with van der Waals surface area (Å²) in [6.45, 7) is 4.99. The molecule has 0 bridgehead atoms. The van der Waals surface area contributed by atoms with Gasteiger partial charge in [0.05, 0.1) is 25.5 Å². The number of aliphatic hydroxyl groups is 1. The van der Waals surface area contributed by atoms with E-state index in [9.17, 15) is 68.4 Å². The number of hydrogen-bond donors (Lipinski definition) is 14. The summed E-state index contributed by atoms with van der Waals surface area (Å²) < 4.78 is 0. The van der Waals surface area contributed by atoms with Crippen molar-refractivity contribution < 1.29 is 73.5 Å². The highest BCUT2D eigenvalue weighted by atomic mass is 16.4. The summed E-state index contributed by atoms with van der Waals surface area (Å²) in [4.78, 5) is 133. The normalized spacial score (nSPS) is 14.6. The van der Waals surface area contributed by atoms with Gasteiger partial charge in [-0.2, -0.15) is 0 Å². The largest absolute Gasteiger partial charge is 0.508 e. The fourth-order valence-electron chi connectivity index (χ4n) is 6.97. The Bertz CT molecular complexity index is 2320. The number of carbonyl (C=O) groups excluding carboxylic acids is 7. The number of aromatic hydroxyl groups is 1. The smallest absolute Gasteiger partial charge is 0.322 e. The number of aromatic nitrogens is 1. The molecular formula is C45H61N9O15. The highest BCUT2D eigenvalue weighted by molar-refractivity contribution is 5.99. The van der Waals surface area contributed by atoms with Gasteiger partial charge in [-0.05, 0) is 54.0 Å². The van der Waals surface area contributed by atoms with Crippen LogP contribution in [0.5, 0.6) is 5.75 Å². The molecule has 0 aliphatic rings. The van der Waals surface area contributed by atoms with Crippen LogP contribution in [0.3, 0.4) is 0 Å². The number of hydrogen-bond acceptors (Lipinski definition) is 13. The lowest BCUT2D eigenvalue weighted by molar-refractivity contribution is -0.142. The topological polar surface area (TPSA) is 398 Å². The molecule has 376 valence electrons. The quantitative estimate of drug-likeness (QED) is 0.0379. The zero-order valence-electron chi connectivity index (χ0n) is 38.4. The average molecular weight is 968 g/mol. The number of amides is 7. The number of carbonyl (C=O) groups is 10. The van der Waals surface area contributed by atoms with Crippen LogP contribution in [0, 0.1) is 11.8 Å². The highest BCUT2D eigenvalue weighted by Crippen LogP contribution is 2.20. The number of phenols is 1. The number of carboxylic acids is 3. The molecule has 0 aliphatic carbocycles. The Hall–Kier alpha value is -7.60. The Morgan fingerprint density at radius 3 is 1.68 bits per heavy atom. The number of aliphatic hydroxyl groups excluding tert-OH is 1. The minimum atomic E-state index is -1.98. The molecule has 24 nitrogen and oxygen atoms in total. The lowest BCUT2D eigenvalue weighted by atomic mass is 9.96. The minimum Gasteiger partial charge on any atom is -0.508 e. The number of rotatable bonds is 28. The van der Waals surface area contributed by atoms with Crippen molar-refractivity contribution >= 4 is 70.2 Å². The van der Waals surface area contributed by atoms with E-state index in [1.54, 1.807) is 52.0 Å². The van der Waals surface area contributed by atoms with E-state index in [2.05, 4.69) is 42.2 Å². The van der Waals surface area contributed by atoms with Gasteiger partial charge in [0.1, 0.15) is 48.5 Å². The molecule has 3 aromatic rings. The van der Waals surface area contributed by atoms with Gasteiger partial charge in [0.25, 0.3) is 0 Å². The molecule has 3 rings (SSSR count). The van der Waals surface area contributed by atoms with E-state index in [1.807, 2.05) is 0 Å². The van der Waals surface area contributed by atoms with Gasteiger partial charge >= 0.3 is 17.9 Å². The van der Waals surface area contributed by atoms with Crippen LogP contribution in [0.1, 0.15) is 64.5 Å². The summed E-state index contributed by atoms with van der Waals surface area (Å²) in [5.74, 6) is -12.6. The van der Waals surface area contributed by atoms with Gasteiger partial charge < -0.3 is 73.5 Å². The Labute approximate surface area is 395 Å². The Morgan fingerprint density at radius 1 is 0.609 bits per heavy atom. The van der Waals surface area contributed by atoms with Crippen LogP contribution in [-0.4, -0.2) is 145 Å². The highest BCUT2D eigenvalue weighted by Gasteiger charge is 2.36. The van der Waals surface area contributed by atoms with Crippen molar-refractivity contribution in [1.82, 2.24) is 42.2 Å². The first-order chi connectivity index (χ1) is 32.5. The number of nitrogens with two attached hydrogens (primary N) is 1. The standard InChI is InChI=1S/C45H61N9O15/c1-5-23(4)38(45(69)52-30(14-22(2)3)40(64)48-20-37(61)62)54-44(68)34(21-55)53-43(67)33(18-36(59)60)51-41(65)31(16-25-19-47-29-9-7-6-8-27(25)29)50-42(66)32(17-35(57)58)49-39(63)28(46)15-24-10-12-26(56)13-11-24/h6-13,19,22-23,28,30-34,38,47,55-56H,5,14-18,20-21,46H2,1-4H3,(H,48,64)(H,49,63)(H,50,66)(H,51,65)(H,52,69)(H,53,67)(H,54,68)(H,57,58)(H,59,60)(H,61,62)/t23-,28-,30-,31-,32-,33-,34-,38-/m0/s1. The number of benzene rings is 2. The molecule has 0 unspecified atom stereocenters. The molecule has 24 heteroatoms.